The minimum absolute atomic E-state index is 0.149. The zero-order chi connectivity index (χ0) is 33.6. The van der Waals surface area contributed by atoms with E-state index in [1.807, 2.05) is 0 Å². The van der Waals surface area contributed by atoms with Gasteiger partial charge in [-0.05, 0) is 49.1 Å². The smallest absolute Gasteiger partial charge is 0.362 e. The Hall–Kier alpha value is -1.96. The predicted molar refractivity (Wildman–Crippen MR) is 177 cm³/mol. The van der Waals surface area contributed by atoms with Crippen LogP contribution in [0.15, 0.2) is 12.7 Å². The fourth-order valence-electron chi connectivity index (χ4n) is 5.18. The third-order valence-corrected chi connectivity index (χ3v) is 19.9. The number of nitrogens with two attached hydrogens (primary N) is 1. The van der Waals surface area contributed by atoms with Crippen molar-refractivity contribution in [3.63, 3.8) is 0 Å². The Bertz CT molecular complexity index is 1470. The Morgan fingerprint density at radius 1 is 0.978 bits per heavy atom. The van der Waals surface area contributed by atoms with Crippen LogP contribution in [0.1, 0.15) is 79.9 Å². The van der Waals surface area contributed by atoms with Gasteiger partial charge in [-0.2, -0.15) is 8.42 Å². The molecule has 2 aliphatic rings. The van der Waals surface area contributed by atoms with Gasteiger partial charge in [0.15, 0.2) is 34.3 Å². The molecule has 0 radical (unpaired) electrons. The van der Waals surface area contributed by atoms with E-state index >= 15 is 0 Å². The van der Waals surface area contributed by atoms with Gasteiger partial charge in [-0.15, -0.1) is 0 Å². The van der Waals surface area contributed by atoms with Crippen LogP contribution in [0, 0.1) is 5.92 Å². The first-order chi connectivity index (χ1) is 20.6. The molecule has 0 spiro atoms. The summed E-state index contributed by atoms with van der Waals surface area (Å²) < 4.78 is 56.1. The molecule has 0 bridgehead atoms. The molecule has 45 heavy (non-hydrogen) atoms. The number of ether oxygens (including phenoxy) is 1. The molecule has 4 rings (SSSR count). The molecule has 16 heteroatoms. The van der Waals surface area contributed by atoms with Crippen molar-refractivity contribution in [2.45, 2.75) is 134 Å². The standard InChI is InChI=1S/C29H52N6O7SSi2/c1-28(2,3)44(7,8)41-22-20(16-39-43(37,38)34-26(36)19-14-12-11-13-15-19)40-27(23(22)42-45(9,10)29(4,5)6)35-18-33-21-24(30)31-17-32-25(21)35/h17-20,22-23,27H,11-16H2,1-10H3,(H,34,36)(H2,30,31,32)/t20-,22-,23-,27-/m1/s1. The first-order valence-electron chi connectivity index (χ1n) is 15.8. The van der Waals surface area contributed by atoms with Gasteiger partial charge in [0.25, 0.3) is 0 Å². The molecule has 2 aromatic rings. The summed E-state index contributed by atoms with van der Waals surface area (Å²) in [5.74, 6) is -0.645. The largest absolute Gasteiger partial charge is 0.408 e. The fraction of sp³-hybridized carbons (Fsp3) is 0.793. The molecule has 1 saturated heterocycles. The summed E-state index contributed by atoms with van der Waals surface area (Å²) in [5.41, 5.74) is 6.98. The highest BCUT2D eigenvalue weighted by Gasteiger charge is 2.55. The topological polar surface area (TPSA) is 170 Å². The molecule has 1 aliphatic heterocycles. The third kappa shape index (κ3) is 7.96. The van der Waals surface area contributed by atoms with Crippen molar-refractivity contribution in [3.05, 3.63) is 12.7 Å². The number of imidazole rings is 1. The lowest BCUT2D eigenvalue weighted by atomic mass is 9.89. The van der Waals surface area contributed by atoms with Crippen molar-refractivity contribution < 1.29 is 31.0 Å². The first-order valence-corrected chi connectivity index (χ1v) is 23.0. The SMILES string of the molecule is CC(C)(C)[Si](C)(C)O[C@@H]1[C@H](O[Si](C)(C)C(C)(C)C)[C@@H](COS(=O)(=O)NC(=O)C2CCCCC2)O[C@H]1n1cnc2c(N)ncnc21. The number of anilines is 1. The number of aromatic nitrogens is 4. The molecular formula is C29H52N6O7SSi2. The van der Waals surface area contributed by atoms with Crippen molar-refractivity contribution in [1.82, 2.24) is 24.2 Å². The van der Waals surface area contributed by atoms with E-state index in [-0.39, 0.29) is 28.4 Å². The lowest BCUT2D eigenvalue weighted by molar-refractivity contribution is -0.124. The number of rotatable bonds is 10. The van der Waals surface area contributed by atoms with Crippen LogP contribution in [0.5, 0.6) is 0 Å². The Morgan fingerprint density at radius 2 is 1.56 bits per heavy atom. The highest BCUT2D eigenvalue weighted by molar-refractivity contribution is 7.85. The van der Waals surface area contributed by atoms with Crippen LogP contribution in [0.2, 0.25) is 36.3 Å². The van der Waals surface area contributed by atoms with Gasteiger partial charge in [0.2, 0.25) is 5.91 Å². The molecule has 2 aromatic heterocycles. The number of fused-ring (bicyclic) bond motifs is 1. The van der Waals surface area contributed by atoms with Gasteiger partial charge in [0.05, 0.1) is 12.9 Å². The lowest BCUT2D eigenvalue weighted by Crippen LogP contribution is -2.54. The van der Waals surface area contributed by atoms with Gasteiger partial charge >= 0.3 is 10.3 Å². The maximum atomic E-state index is 13.0. The molecule has 1 aliphatic carbocycles. The van der Waals surface area contributed by atoms with Gasteiger partial charge in [-0.3, -0.25) is 13.5 Å². The van der Waals surface area contributed by atoms with Crippen LogP contribution >= 0.6 is 0 Å². The number of nitrogens with zero attached hydrogens (tertiary/aromatic N) is 4. The third-order valence-electron chi connectivity index (χ3n) is 10.0. The van der Waals surface area contributed by atoms with Crippen LogP contribution < -0.4 is 10.5 Å². The Morgan fingerprint density at radius 3 is 2.13 bits per heavy atom. The van der Waals surface area contributed by atoms with Crippen molar-refractivity contribution in [1.29, 1.82) is 0 Å². The van der Waals surface area contributed by atoms with E-state index in [0.717, 1.165) is 19.3 Å². The van der Waals surface area contributed by atoms with E-state index in [9.17, 15) is 13.2 Å². The number of carbonyl (C=O) groups excluding carboxylic acids is 1. The van der Waals surface area contributed by atoms with E-state index < -0.39 is 57.4 Å². The summed E-state index contributed by atoms with van der Waals surface area (Å²) in [4.78, 5) is 25.7. The zero-order valence-corrected chi connectivity index (χ0v) is 31.2. The average molecular weight is 685 g/mol. The fourth-order valence-corrected chi connectivity index (χ4v) is 8.57. The van der Waals surface area contributed by atoms with Crippen LogP contribution in [-0.4, -0.2) is 75.4 Å². The summed E-state index contributed by atoms with van der Waals surface area (Å²) in [6.45, 7) is 21.0. The first kappa shape index (κ1) is 35.9. The number of carbonyl (C=O) groups is 1. The highest BCUT2D eigenvalue weighted by atomic mass is 32.2. The highest BCUT2D eigenvalue weighted by Crippen LogP contribution is 2.46. The van der Waals surface area contributed by atoms with E-state index in [2.05, 4.69) is 87.4 Å². The number of amides is 1. The van der Waals surface area contributed by atoms with Crippen molar-refractivity contribution in [3.8, 4) is 0 Å². The second kappa shape index (κ2) is 12.9. The van der Waals surface area contributed by atoms with Crippen molar-refractivity contribution in [2.75, 3.05) is 12.3 Å². The summed E-state index contributed by atoms with van der Waals surface area (Å²) in [6, 6.07) is 0. The van der Waals surface area contributed by atoms with Gasteiger partial charge in [0.1, 0.15) is 30.2 Å². The monoisotopic (exact) mass is 684 g/mol. The van der Waals surface area contributed by atoms with Crippen molar-refractivity contribution in [2.24, 2.45) is 5.92 Å². The Labute approximate surface area is 269 Å². The van der Waals surface area contributed by atoms with Gasteiger partial charge in [-0.1, -0.05) is 60.8 Å². The van der Waals surface area contributed by atoms with Gasteiger partial charge < -0.3 is 19.3 Å². The molecule has 1 amide bonds. The van der Waals surface area contributed by atoms with Gasteiger partial charge in [0, 0.05) is 5.92 Å². The Kier molecular flexibility index (Phi) is 10.3. The van der Waals surface area contributed by atoms with Crippen LogP contribution in [0.4, 0.5) is 5.82 Å². The van der Waals surface area contributed by atoms with Crippen molar-refractivity contribution >= 4 is 49.8 Å². The zero-order valence-electron chi connectivity index (χ0n) is 28.4. The Balaban J connectivity index is 1.71. The lowest BCUT2D eigenvalue weighted by Gasteiger charge is -2.44. The quantitative estimate of drug-likeness (QED) is 0.321. The number of hydrogen-bond acceptors (Lipinski definition) is 11. The molecule has 254 valence electrons. The molecule has 0 aromatic carbocycles. The molecule has 13 nitrogen and oxygen atoms in total. The van der Waals surface area contributed by atoms with Gasteiger partial charge in [-0.25, -0.2) is 19.7 Å². The normalized spacial score (nSPS) is 24.3. The van der Waals surface area contributed by atoms with E-state index in [0.29, 0.717) is 24.0 Å². The average Bonchev–Trinajstić information content (AvgIpc) is 3.48. The van der Waals surface area contributed by atoms with Crippen LogP contribution in [0.25, 0.3) is 11.2 Å². The molecular weight excluding hydrogens is 633 g/mol. The molecule has 1 saturated carbocycles. The number of hydrogen-bond donors (Lipinski definition) is 2. The van der Waals surface area contributed by atoms with Crippen LogP contribution in [-0.2, 0) is 32.9 Å². The van der Waals surface area contributed by atoms with E-state index in [1.54, 1.807) is 10.9 Å². The molecule has 3 N–H and O–H groups in total. The minimum atomic E-state index is -4.41. The molecule has 2 fully saturated rings. The maximum absolute atomic E-state index is 13.0. The van der Waals surface area contributed by atoms with Crippen LogP contribution in [0.3, 0.4) is 0 Å². The second-order valence-electron chi connectivity index (χ2n) is 15.4. The van der Waals surface area contributed by atoms with E-state index in [4.69, 9.17) is 23.5 Å². The summed E-state index contributed by atoms with van der Waals surface area (Å²) in [6.07, 6.45) is 4.09. The number of nitrogens with one attached hydrogen (secondary N) is 1. The molecule has 3 heterocycles. The summed E-state index contributed by atoms with van der Waals surface area (Å²) in [7, 11) is -9.33. The second-order valence-corrected chi connectivity index (χ2v) is 26.2. The van der Waals surface area contributed by atoms with E-state index in [1.165, 1.54) is 6.33 Å². The molecule has 4 atom stereocenters. The molecule has 0 unspecified atom stereocenters. The number of nitrogen functional groups attached to an aromatic ring is 1. The predicted octanol–water partition coefficient (Wildman–Crippen LogP) is 5.04. The summed E-state index contributed by atoms with van der Waals surface area (Å²) in [5, 5.41) is -0.314. The summed E-state index contributed by atoms with van der Waals surface area (Å²) >= 11 is 0. The maximum Gasteiger partial charge on any atom is 0.362 e. The minimum Gasteiger partial charge on any atom is -0.408 e.